The van der Waals surface area contributed by atoms with Crippen LogP contribution in [-0.2, 0) is 0 Å². The molecule has 4 nitrogen and oxygen atoms in total. The zero-order chi connectivity index (χ0) is 16.1. The zero-order valence-electron chi connectivity index (χ0n) is 11.6. The molecule has 0 fully saturated rings. The average Bonchev–Trinajstić information content (AvgIpc) is 2.49. The van der Waals surface area contributed by atoms with E-state index < -0.39 is 11.7 Å². The van der Waals surface area contributed by atoms with Crippen molar-refractivity contribution in [2.75, 3.05) is 5.32 Å². The predicted octanol–water partition coefficient (Wildman–Crippen LogP) is 2.90. The Morgan fingerprint density at radius 1 is 1.05 bits per heavy atom. The van der Waals surface area contributed by atoms with Crippen molar-refractivity contribution in [3.05, 3.63) is 65.2 Å². The molecule has 0 unspecified atom stereocenters. The van der Waals surface area contributed by atoms with Crippen LogP contribution < -0.4 is 16.2 Å². The van der Waals surface area contributed by atoms with Gasteiger partial charge in [0.05, 0.1) is 5.56 Å². The van der Waals surface area contributed by atoms with Crippen molar-refractivity contribution in [2.24, 2.45) is 0 Å². The molecule has 0 bridgehead atoms. The second kappa shape index (κ2) is 6.95. The minimum atomic E-state index is -0.669. The van der Waals surface area contributed by atoms with Gasteiger partial charge in [0.25, 0.3) is 5.91 Å². The summed E-state index contributed by atoms with van der Waals surface area (Å²) in [5.41, 5.74) is 5.51. The first-order valence-electron chi connectivity index (χ1n) is 6.35. The molecular weight excluding hydrogens is 308 g/mol. The summed E-state index contributed by atoms with van der Waals surface area (Å²) in [5, 5.41) is 2.75. The monoisotopic (exact) mass is 321 g/mol. The average molecular weight is 321 g/mol. The summed E-state index contributed by atoms with van der Waals surface area (Å²) in [7, 11) is 0. The number of hydrogen-bond donors (Lipinski definition) is 3. The lowest BCUT2D eigenvalue weighted by molar-refractivity contribution is 0.0940. The number of carbonyl (C=O) groups excluding carboxylic acids is 1. The van der Waals surface area contributed by atoms with Crippen LogP contribution in [-0.4, -0.2) is 11.0 Å². The highest BCUT2D eigenvalue weighted by Crippen LogP contribution is 2.13. The fraction of sp³-hybridized carbons (Fsp3) is 0.0667. The number of anilines is 1. The van der Waals surface area contributed by atoms with Gasteiger partial charge in [-0.3, -0.25) is 15.6 Å². The minimum absolute atomic E-state index is 0.0490. The molecule has 1 amide bonds. The second-order valence-electron chi connectivity index (χ2n) is 4.48. The van der Waals surface area contributed by atoms with E-state index in [0.717, 1.165) is 0 Å². The van der Waals surface area contributed by atoms with E-state index in [1.165, 1.54) is 24.3 Å². The molecule has 0 atom stereocenters. The summed E-state index contributed by atoms with van der Waals surface area (Å²) in [6, 6.07) is 10.1. The van der Waals surface area contributed by atoms with Crippen molar-refractivity contribution in [1.29, 1.82) is 0 Å². The van der Waals surface area contributed by atoms with Gasteiger partial charge < -0.3 is 5.32 Å². The van der Waals surface area contributed by atoms with Crippen LogP contribution in [0.1, 0.15) is 15.9 Å². The zero-order valence-corrected chi connectivity index (χ0v) is 12.4. The van der Waals surface area contributed by atoms with Gasteiger partial charge in [-0.1, -0.05) is 18.2 Å². The fourth-order valence-corrected chi connectivity index (χ4v) is 1.83. The Labute approximate surface area is 131 Å². The number of amides is 1. The molecule has 0 heterocycles. The Morgan fingerprint density at radius 2 is 1.77 bits per heavy atom. The SMILES string of the molecule is Cc1ccc(NC(=S)NNC(=O)c2ccccc2F)cc1F. The Bertz CT molecular complexity index is 722. The van der Waals surface area contributed by atoms with E-state index in [0.29, 0.717) is 11.3 Å². The summed E-state index contributed by atoms with van der Waals surface area (Å²) < 4.78 is 26.8. The van der Waals surface area contributed by atoms with E-state index in [1.807, 2.05) is 0 Å². The molecule has 2 aromatic carbocycles. The van der Waals surface area contributed by atoms with Gasteiger partial charge >= 0.3 is 0 Å². The van der Waals surface area contributed by atoms with Gasteiger partial charge in [0.15, 0.2) is 5.11 Å². The van der Waals surface area contributed by atoms with Crippen molar-refractivity contribution < 1.29 is 13.6 Å². The summed E-state index contributed by atoms with van der Waals surface area (Å²) in [6.45, 7) is 1.64. The van der Waals surface area contributed by atoms with Gasteiger partial charge in [0.1, 0.15) is 11.6 Å². The van der Waals surface area contributed by atoms with E-state index in [1.54, 1.807) is 25.1 Å². The van der Waals surface area contributed by atoms with Crippen LogP contribution in [0.2, 0.25) is 0 Å². The van der Waals surface area contributed by atoms with E-state index in [2.05, 4.69) is 16.2 Å². The van der Waals surface area contributed by atoms with E-state index >= 15 is 0 Å². The molecule has 0 aliphatic carbocycles. The Balaban J connectivity index is 1.91. The van der Waals surface area contributed by atoms with E-state index in [9.17, 15) is 13.6 Å². The van der Waals surface area contributed by atoms with Crippen LogP contribution in [0.15, 0.2) is 42.5 Å². The van der Waals surface area contributed by atoms with Crippen molar-refractivity contribution >= 4 is 28.9 Å². The highest BCUT2D eigenvalue weighted by atomic mass is 32.1. The molecule has 7 heteroatoms. The number of aryl methyl sites for hydroxylation is 1. The van der Waals surface area contributed by atoms with Gasteiger partial charge in [-0.25, -0.2) is 8.78 Å². The van der Waals surface area contributed by atoms with Crippen LogP contribution in [0.5, 0.6) is 0 Å². The summed E-state index contributed by atoms with van der Waals surface area (Å²) in [6.07, 6.45) is 0. The summed E-state index contributed by atoms with van der Waals surface area (Å²) in [4.78, 5) is 11.8. The maximum absolute atomic E-state index is 13.4. The van der Waals surface area contributed by atoms with Crippen LogP contribution >= 0.6 is 12.2 Å². The number of thiocarbonyl (C=S) groups is 1. The molecular formula is C15H13F2N3OS. The lowest BCUT2D eigenvalue weighted by Gasteiger charge is -2.12. The first-order valence-corrected chi connectivity index (χ1v) is 6.76. The van der Waals surface area contributed by atoms with Crippen molar-refractivity contribution in [3.63, 3.8) is 0 Å². The largest absolute Gasteiger partial charge is 0.331 e. The molecule has 0 aromatic heterocycles. The van der Waals surface area contributed by atoms with Crippen LogP contribution in [0.4, 0.5) is 14.5 Å². The third-order valence-electron chi connectivity index (χ3n) is 2.84. The lowest BCUT2D eigenvalue weighted by Crippen LogP contribution is -2.44. The number of benzene rings is 2. The van der Waals surface area contributed by atoms with E-state index in [-0.39, 0.29) is 16.5 Å². The quantitative estimate of drug-likeness (QED) is 0.588. The third kappa shape index (κ3) is 3.98. The third-order valence-corrected chi connectivity index (χ3v) is 3.04. The van der Waals surface area contributed by atoms with Gasteiger partial charge in [-0.05, 0) is 49.0 Å². The van der Waals surface area contributed by atoms with Crippen molar-refractivity contribution in [2.45, 2.75) is 6.92 Å². The Kier molecular flexibility index (Phi) is 5.00. The lowest BCUT2D eigenvalue weighted by atomic mass is 10.2. The maximum Gasteiger partial charge on any atom is 0.272 e. The molecule has 0 spiro atoms. The number of carbonyl (C=O) groups is 1. The molecule has 2 rings (SSSR count). The Hall–Kier alpha value is -2.54. The second-order valence-corrected chi connectivity index (χ2v) is 4.89. The number of rotatable bonds is 2. The summed E-state index contributed by atoms with van der Waals surface area (Å²) >= 11 is 4.96. The highest BCUT2D eigenvalue weighted by molar-refractivity contribution is 7.80. The van der Waals surface area contributed by atoms with Crippen LogP contribution in [0.25, 0.3) is 0 Å². The van der Waals surface area contributed by atoms with Crippen LogP contribution in [0.3, 0.4) is 0 Å². The van der Waals surface area contributed by atoms with Crippen molar-refractivity contribution in [3.8, 4) is 0 Å². The molecule has 0 radical (unpaired) electrons. The number of halogens is 2. The van der Waals surface area contributed by atoms with Gasteiger partial charge in [-0.15, -0.1) is 0 Å². The smallest absolute Gasteiger partial charge is 0.272 e. The van der Waals surface area contributed by atoms with Crippen molar-refractivity contribution in [1.82, 2.24) is 10.9 Å². The molecule has 0 aliphatic heterocycles. The number of nitrogens with one attached hydrogen (secondary N) is 3. The Morgan fingerprint density at radius 3 is 2.45 bits per heavy atom. The topological polar surface area (TPSA) is 53.2 Å². The van der Waals surface area contributed by atoms with Gasteiger partial charge in [-0.2, -0.15) is 0 Å². The fourth-order valence-electron chi connectivity index (χ4n) is 1.66. The maximum atomic E-state index is 13.4. The molecule has 3 N–H and O–H groups in total. The standard InChI is InChI=1S/C15H13F2N3OS/c1-9-6-7-10(8-13(9)17)18-15(22)20-19-14(21)11-4-2-3-5-12(11)16/h2-8H,1H3,(H,19,21)(H2,18,20,22). The summed E-state index contributed by atoms with van der Waals surface area (Å²) in [5.74, 6) is -1.68. The van der Waals surface area contributed by atoms with Gasteiger partial charge in [0, 0.05) is 5.69 Å². The van der Waals surface area contributed by atoms with E-state index in [4.69, 9.17) is 12.2 Å². The molecule has 0 aliphatic rings. The molecule has 2 aromatic rings. The first-order chi connectivity index (χ1) is 10.5. The minimum Gasteiger partial charge on any atom is -0.331 e. The molecule has 0 saturated carbocycles. The normalized spacial score (nSPS) is 9.95. The molecule has 22 heavy (non-hydrogen) atoms. The van der Waals surface area contributed by atoms with Gasteiger partial charge in [0.2, 0.25) is 0 Å². The number of hydrazine groups is 1. The molecule has 114 valence electrons. The molecule has 0 saturated heterocycles. The predicted molar refractivity (Wildman–Crippen MR) is 84.4 cm³/mol. The first kappa shape index (κ1) is 15.8. The van der Waals surface area contributed by atoms with Crippen LogP contribution in [0, 0.1) is 18.6 Å². The highest BCUT2D eigenvalue weighted by Gasteiger charge is 2.10. The number of hydrogen-bond acceptors (Lipinski definition) is 2.